The molecule has 2 aliphatic rings. The van der Waals surface area contributed by atoms with Crippen molar-refractivity contribution in [2.75, 3.05) is 0 Å². The topological polar surface area (TPSA) is 106 Å². The van der Waals surface area contributed by atoms with E-state index < -0.39 is 0 Å². The molecule has 386 valence electrons. The molecule has 0 N–H and O–H groups in total. The van der Waals surface area contributed by atoms with Crippen LogP contribution in [-0.4, -0.2) is 29.9 Å². The van der Waals surface area contributed by atoms with Gasteiger partial charge in [-0.25, -0.2) is 9.97 Å². The van der Waals surface area contributed by atoms with Gasteiger partial charge in [0.15, 0.2) is 0 Å². The van der Waals surface area contributed by atoms with Crippen LogP contribution >= 0.6 is 0 Å². The maximum atomic E-state index is 5.55. The average molecular weight is 1020 g/mol. The van der Waals surface area contributed by atoms with Crippen molar-refractivity contribution in [3.63, 3.8) is 0 Å². The van der Waals surface area contributed by atoms with Crippen molar-refractivity contribution in [1.82, 2.24) is 39.9 Å². The Bertz CT molecular complexity index is 2800. The summed E-state index contributed by atoms with van der Waals surface area (Å²) in [6.45, 7) is 18.2. The normalized spacial score (nSPS) is 11.9. The van der Waals surface area contributed by atoms with Crippen LogP contribution < -0.4 is 9.97 Å². The van der Waals surface area contributed by atoms with Gasteiger partial charge in [-0.05, 0) is 217 Å². The van der Waals surface area contributed by atoms with Gasteiger partial charge >= 0.3 is 16.5 Å². The molecule has 3 aromatic heterocycles. The van der Waals surface area contributed by atoms with Crippen LogP contribution in [0.15, 0.2) is 48.5 Å². The van der Waals surface area contributed by atoms with Gasteiger partial charge in [0, 0.05) is 44.8 Å². The smallest absolute Gasteiger partial charge is 0.357 e. The summed E-state index contributed by atoms with van der Waals surface area (Å²) in [6.07, 6.45) is 26.3. The molecule has 0 unspecified atom stereocenters. The van der Waals surface area contributed by atoms with Crippen molar-refractivity contribution < 1.29 is 16.5 Å². The van der Waals surface area contributed by atoms with Gasteiger partial charge in [0.05, 0.1) is 23.3 Å². The molecule has 7 aromatic rings. The van der Waals surface area contributed by atoms with Gasteiger partial charge in [-0.3, -0.25) is 0 Å². The summed E-state index contributed by atoms with van der Waals surface area (Å²) >= 11 is 0. The maximum absolute atomic E-state index is 5.55. The molecular formula is C64H80N8Ni. The summed E-state index contributed by atoms with van der Waals surface area (Å²) in [6, 6.07) is 19.1. The molecule has 5 heterocycles. The molecular weight excluding hydrogens is 939 g/mol. The third-order valence-corrected chi connectivity index (χ3v) is 15.4. The molecule has 8 bridgehead atoms. The van der Waals surface area contributed by atoms with Gasteiger partial charge in [-0.15, -0.1) is 0 Å². The molecule has 4 aromatic carbocycles. The average Bonchev–Trinajstić information content (AvgIpc) is 4.11. The van der Waals surface area contributed by atoms with E-state index in [1.165, 1.54) is 44.5 Å². The monoisotopic (exact) mass is 1020 g/mol. The molecule has 0 fully saturated rings. The van der Waals surface area contributed by atoms with E-state index in [-0.39, 0.29) is 16.5 Å². The van der Waals surface area contributed by atoms with Crippen LogP contribution in [0.2, 0.25) is 0 Å². The standard InChI is InChI=1S/C64H80N8.Ni/c1-9-17-25-41-33-49-50(34-42(41)26-18-10-2)58-65-57(49)69-59-51-35-43(27-19-11-3)44(28-20-12-4)36-52(51)61(66-59)71-63-55-39-47(31-23-15-7)48(32-24-16-8)40-56(55)64(68-63)72-62-54-38-46(30-22-14-6)45(29-21-13-5)37-53(54)60(67-62)70-58;/h33-40H,9-32H2,1-8H3;/q-2;+2. The number of nitrogens with zero attached hydrogens (tertiary/aromatic N) is 8. The summed E-state index contributed by atoms with van der Waals surface area (Å²) in [7, 11) is 0. The molecule has 0 saturated heterocycles. The van der Waals surface area contributed by atoms with Crippen LogP contribution in [0.3, 0.4) is 0 Å². The zero-order valence-corrected chi connectivity index (χ0v) is 46.5. The number of hydrogen-bond donors (Lipinski definition) is 0. The van der Waals surface area contributed by atoms with Crippen molar-refractivity contribution in [2.24, 2.45) is 0 Å². The first-order valence-electron chi connectivity index (χ1n) is 28.7. The quantitative estimate of drug-likeness (QED) is 0.0551. The first-order valence-corrected chi connectivity index (χ1v) is 28.7. The second kappa shape index (κ2) is 25.3. The van der Waals surface area contributed by atoms with E-state index in [4.69, 9.17) is 39.9 Å². The summed E-state index contributed by atoms with van der Waals surface area (Å²) in [4.78, 5) is 44.0. The number of hydrogen-bond acceptors (Lipinski definition) is 6. The van der Waals surface area contributed by atoms with Gasteiger partial charge in [0.2, 0.25) is 0 Å². The van der Waals surface area contributed by atoms with Gasteiger partial charge in [0.1, 0.15) is 0 Å². The Hall–Kier alpha value is -5.27. The van der Waals surface area contributed by atoms with Crippen LogP contribution in [-0.2, 0) is 67.9 Å². The molecule has 0 radical (unpaired) electrons. The number of benzene rings is 4. The van der Waals surface area contributed by atoms with E-state index >= 15 is 0 Å². The van der Waals surface area contributed by atoms with Gasteiger partial charge in [-0.2, -0.15) is 0 Å². The fraction of sp³-hybridized carbons (Fsp3) is 0.500. The SMILES string of the molecule is CCCCc1cc2c(cc1CCCC)-c1nc-2nc2[n-]c(nc3nc(nc4[n-]c(n1)c1cc(CCCC)c(CCCC)cc41)-c1cc(CCCC)c(CCCC)cc1-3)c1cc(CCCC)c(CCCC)cc21.[Ni+2]. The third-order valence-electron chi connectivity index (χ3n) is 15.4. The van der Waals surface area contributed by atoms with Crippen molar-refractivity contribution in [1.29, 1.82) is 0 Å². The molecule has 9 heteroatoms. The number of unbranched alkanes of at least 4 members (excludes halogenated alkanes) is 8. The van der Waals surface area contributed by atoms with Crippen LogP contribution in [0.5, 0.6) is 0 Å². The van der Waals surface area contributed by atoms with E-state index in [0.717, 1.165) is 198 Å². The number of rotatable bonds is 24. The van der Waals surface area contributed by atoms with Gasteiger partial charge in [-0.1, -0.05) is 107 Å². The summed E-state index contributed by atoms with van der Waals surface area (Å²) in [5, 5.41) is 4.06. The number of fused-ring (bicyclic) bond motifs is 20. The minimum atomic E-state index is 0. The van der Waals surface area contributed by atoms with E-state index in [9.17, 15) is 0 Å². The Morgan fingerprint density at radius 3 is 0.616 bits per heavy atom. The fourth-order valence-corrected chi connectivity index (χ4v) is 11.0. The van der Waals surface area contributed by atoms with E-state index in [1.54, 1.807) is 0 Å². The molecule has 73 heavy (non-hydrogen) atoms. The van der Waals surface area contributed by atoms with Crippen molar-refractivity contribution in [3.05, 3.63) is 93.0 Å². The second-order valence-electron chi connectivity index (χ2n) is 21.0. The van der Waals surface area contributed by atoms with Crippen molar-refractivity contribution in [2.45, 2.75) is 209 Å². The fourth-order valence-electron chi connectivity index (χ4n) is 11.0. The molecule has 9 rings (SSSR count). The van der Waals surface area contributed by atoms with E-state index in [1.807, 2.05) is 0 Å². The first-order chi connectivity index (χ1) is 35.3. The minimum Gasteiger partial charge on any atom is -0.357 e. The Labute approximate surface area is 446 Å². The largest absolute Gasteiger partial charge is 2.00 e. The summed E-state index contributed by atoms with van der Waals surface area (Å²) in [5.41, 5.74) is 17.8. The van der Waals surface area contributed by atoms with Crippen molar-refractivity contribution in [3.8, 4) is 45.6 Å². The predicted octanol–water partition coefficient (Wildman–Crippen LogP) is 16.9. The molecule has 8 nitrogen and oxygen atoms in total. The predicted molar refractivity (Wildman–Crippen MR) is 303 cm³/mol. The Morgan fingerprint density at radius 1 is 0.260 bits per heavy atom. The zero-order valence-electron chi connectivity index (χ0n) is 45.5. The molecule has 0 atom stereocenters. The summed E-state index contributed by atoms with van der Waals surface area (Å²) < 4.78 is 0. The summed E-state index contributed by atoms with van der Waals surface area (Å²) in [5.74, 6) is 2.60. The first kappa shape index (κ1) is 54.0. The van der Waals surface area contributed by atoms with E-state index in [2.05, 4.69) is 104 Å². The molecule has 0 amide bonds. The molecule has 2 aliphatic heterocycles. The minimum absolute atomic E-state index is 0. The Morgan fingerprint density at radius 2 is 0.438 bits per heavy atom. The third kappa shape index (κ3) is 11.7. The molecule has 0 saturated carbocycles. The molecule has 0 spiro atoms. The van der Waals surface area contributed by atoms with Crippen LogP contribution in [0, 0.1) is 0 Å². The molecule has 0 aliphatic carbocycles. The van der Waals surface area contributed by atoms with Crippen LogP contribution in [0.1, 0.15) is 203 Å². The second-order valence-corrected chi connectivity index (χ2v) is 21.0. The van der Waals surface area contributed by atoms with Crippen molar-refractivity contribution >= 4 is 44.1 Å². The van der Waals surface area contributed by atoms with Gasteiger partial charge < -0.3 is 29.9 Å². The maximum Gasteiger partial charge on any atom is 2.00 e. The number of aryl methyl sites for hydroxylation is 8. The van der Waals surface area contributed by atoms with Crippen LogP contribution in [0.25, 0.3) is 89.7 Å². The zero-order chi connectivity index (χ0) is 50.1. The van der Waals surface area contributed by atoms with Gasteiger partial charge in [0.25, 0.3) is 0 Å². The Balaban J connectivity index is 0.00000711. The number of aromatic nitrogens is 8. The Kier molecular flexibility index (Phi) is 18.7. The van der Waals surface area contributed by atoms with Crippen LogP contribution in [0.4, 0.5) is 0 Å². The van der Waals surface area contributed by atoms with E-state index in [0.29, 0.717) is 45.9 Å².